The monoisotopic (exact) mass is 358 g/mol. The molecule has 0 radical (unpaired) electrons. The highest BCUT2D eigenvalue weighted by molar-refractivity contribution is 6.00. The Kier molecular flexibility index (Phi) is 4.16. The average molecular weight is 358 g/mol. The first-order chi connectivity index (χ1) is 12.5. The molecular weight excluding hydrogens is 336 g/mol. The van der Waals surface area contributed by atoms with Crippen molar-refractivity contribution in [3.05, 3.63) is 34.2 Å². The Morgan fingerprint density at radius 2 is 2.00 bits per heavy atom. The number of rotatable bonds is 2. The Bertz CT molecular complexity index is 945. The highest BCUT2D eigenvalue weighted by Gasteiger charge is 2.33. The molecule has 4 rings (SSSR count). The lowest BCUT2D eigenvalue weighted by Gasteiger charge is -2.29. The summed E-state index contributed by atoms with van der Waals surface area (Å²) < 4.78 is 3.02. The summed E-state index contributed by atoms with van der Waals surface area (Å²) >= 11 is 0. The number of piperidine rings is 2. The van der Waals surface area contributed by atoms with Gasteiger partial charge in [-0.05, 0) is 31.0 Å². The molecule has 1 unspecified atom stereocenters. The van der Waals surface area contributed by atoms with Crippen molar-refractivity contribution in [1.82, 2.24) is 19.8 Å². The molecule has 3 N–H and O–H groups in total. The minimum atomic E-state index is -0.697. The Hall–Kier alpha value is -2.45. The smallest absolute Gasteiger partial charge is 0.329 e. The molecule has 0 aliphatic carbocycles. The first-order valence-electron chi connectivity index (χ1n) is 8.91. The van der Waals surface area contributed by atoms with Crippen LogP contribution in [0, 0.1) is 0 Å². The van der Waals surface area contributed by atoms with E-state index in [0.717, 1.165) is 24.0 Å². The summed E-state index contributed by atoms with van der Waals surface area (Å²) in [6.07, 6.45) is 0.775. The molecule has 2 amide bonds. The Labute approximate surface area is 149 Å². The Balaban J connectivity index is 1.88. The SMILES string of the molecule is Cn1c(=O)n(C2CCC(=O)NC2=O)c2cccc([C@H]3CCNC[C@@H]3O)c21. The van der Waals surface area contributed by atoms with Crippen molar-refractivity contribution < 1.29 is 14.7 Å². The number of benzene rings is 1. The maximum Gasteiger partial charge on any atom is 0.329 e. The third-order valence-electron chi connectivity index (χ3n) is 5.51. The zero-order chi connectivity index (χ0) is 18.4. The van der Waals surface area contributed by atoms with E-state index in [4.69, 9.17) is 0 Å². The van der Waals surface area contributed by atoms with Crippen LogP contribution in [0.1, 0.15) is 36.8 Å². The molecule has 0 bridgehead atoms. The number of aliphatic hydroxyl groups excluding tert-OH is 1. The summed E-state index contributed by atoms with van der Waals surface area (Å²) in [5, 5.41) is 15.9. The normalized spacial score (nSPS) is 26.9. The summed E-state index contributed by atoms with van der Waals surface area (Å²) in [4.78, 5) is 36.7. The number of aromatic nitrogens is 2. The molecule has 2 fully saturated rings. The van der Waals surface area contributed by atoms with Crippen molar-refractivity contribution in [2.75, 3.05) is 13.1 Å². The van der Waals surface area contributed by atoms with Crippen molar-refractivity contribution in [3.63, 3.8) is 0 Å². The van der Waals surface area contributed by atoms with Gasteiger partial charge in [-0.25, -0.2) is 4.79 Å². The molecule has 1 aromatic heterocycles. The molecule has 2 aliphatic rings. The highest BCUT2D eigenvalue weighted by Crippen LogP contribution is 2.32. The van der Waals surface area contributed by atoms with Crippen molar-refractivity contribution >= 4 is 22.8 Å². The molecule has 3 atom stereocenters. The number of carbonyl (C=O) groups excluding carboxylic acids is 2. The molecule has 2 aromatic rings. The molecule has 2 saturated heterocycles. The number of nitrogens with zero attached hydrogens (tertiary/aromatic N) is 2. The fourth-order valence-corrected chi connectivity index (χ4v) is 4.20. The number of β-amino-alcohol motifs (C(OH)–C–C–N with tert-alkyl or cyclic N) is 1. The standard InChI is InChI=1S/C18H22N4O4/c1-21-16-11(10-7-8-19-9-14(10)23)3-2-4-12(16)22(18(21)26)13-5-6-15(24)20-17(13)25/h2-4,10,13-14,19,23H,5-9H2,1H3,(H,20,24,25)/t10-,13?,14+/m1/s1. The van der Waals surface area contributed by atoms with E-state index in [1.165, 1.54) is 4.57 Å². The van der Waals surface area contributed by atoms with Crippen LogP contribution in [0.25, 0.3) is 11.0 Å². The largest absolute Gasteiger partial charge is 0.391 e. The van der Waals surface area contributed by atoms with E-state index in [-0.39, 0.29) is 23.9 Å². The van der Waals surface area contributed by atoms with Crippen LogP contribution >= 0.6 is 0 Å². The maximum atomic E-state index is 12.9. The minimum absolute atomic E-state index is 0.0665. The number of aliphatic hydroxyl groups is 1. The molecule has 138 valence electrons. The van der Waals surface area contributed by atoms with Crippen molar-refractivity contribution in [2.24, 2.45) is 7.05 Å². The van der Waals surface area contributed by atoms with E-state index in [9.17, 15) is 19.5 Å². The Morgan fingerprint density at radius 1 is 1.19 bits per heavy atom. The summed E-state index contributed by atoms with van der Waals surface area (Å²) in [6.45, 7) is 1.32. The lowest BCUT2D eigenvalue weighted by molar-refractivity contribution is -0.135. The summed E-state index contributed by atoms with van der Waals surface area (Å²) in [7, 11) is 1.68. The van der Waals surface area contributed by atoms with Crippen molar-refractivity contribution in [1.29, 1.82) is 0 Å². The number of nitrogens with one attached hydrogen (secondary N) is 2. The van der Waals surface area contributed by atoms with Crippen LogP contribution in [0.4, 0.5) is 0 Å². The van der Waals surface area contributed by atoms with Crippen LogP contribution in [0.5, 0.6) is 0 Å². The number of imidazole rings is 1. The molecular formula is C18H22N4O4. The second kappa shape index (κ2) is 6.37. The lowest BCUT2D eigenvalue weighted by Crippen LogP contribution is -2.44. The van der Waals surface area contributed by atoms with Gasteiger partial charge in [0.25, 0.3) is 0 Å². The maximum absolute atomic E-state index is 12.9. The summed E-state index contributed by atoms with van der Waals surface area (Å²) in [5.74, 6) is -0.815. The number of imide groups is 1. The van der Waals surface area contributed by atoms with E-state index in [1.807, 2.05) is 18.2 Å². The van der Waals surface area contributed by atoms with Gasteiger partial charge in [0.2, 0.25) is 11.8 Å². The van der Waals surface area contributed by atoms with Crippen LogP contribution < -0.4 is 16.3 Å². The van der Waals surface area contributed by atoms with Crippen molar-refractivity contribution in [3.8, 4) is 0 Å². The summed E-state index contributed by atoms with van der Waals surface area (Å²) in [5.41, 5.74) is 2.04. The van der Waals surface area contributed by atoms with Gasteiger partial charge in [-0.3, -0.25) is 24.0 Å². The zero-order valence-electron chi connectivity index (χ0n) is 14.6. The van der Waals surface area contributed by atoms with Crippen LogP contribution in [-0.4, -0.2) is 45.2 Å². The van der Waals surface area contributed by atoms with Gasteiger partial charge >= 0.3 is 5.69 Å². The third kappa shape index (κ3) is 2.57. The first-order valence-corrected chi connectivity index (χ1v) is 8.91. The first kappa shape index (κ1) is 17.0. The van der Waals surface area contributed by atoms with Gasteiger partial charge < -0.3 is 10.4 Å². The minimum Gasteiger partial charge on any atom is -0.391 e. The van der Waals surface area contributed by atoms with Crippen LogP contribution in [-0.2, 0) is 16.6 Å². The molecule has 26 heavy (non-hydrogen) atoms. The van der Waals surface area contributed by atoms with E-state index in [2.05, 4.69) is 10.6 Å². The van der Waals surface area contributed by atoms with Gasteiger partial charge in [0.15, 0.2) is 0 Å². The molecule has 2 aliphatic heterocycles. The number of carbonyl (C=O) groups is 2. The molecule has 8 heteroatoms. The van der Waals surface area contributed by atoms with Gasteiger partial charge in [-0.2, -0.15) is 0 Å². The molecule has 1 aromatic carbocycles. The van der Waals surface area contributed by atoms with E-state index in [1.54, 1.807) is 11.6 Å². The van der Waals surface area contributed by atoms with E-state index < -0.39 is 18.1 Å². The van der Waals surface area contributed by atoms with Crippen LogP contribution in [0.2, 0.25) is 0 Å². The Morgan fingerprint density at radius 3 is 2.73 bits per heavy atom. The van der Waals surface area contributed by atoms with E-state index >= 15 is 0 Å². The quantitative estimate of drug-likeness (QED) is 0.643. The van der Waals surface area contributed by atoms with Gasteiger partial charge in [0.1, 0.15) is 6.04 Å². The predicted octanol–water partition coefficient (Wildman–Crippen LogP) is -0.244. The van der Waals surface area contributed by atoms with Gasteiger partial charge in [0, 0.05) is 25.9 Å². The van der Waals surface area contributed by atoms with Gasteiger partial charge in [-0.15, -0.1) is 0 Å². The number of hydrogen-bond donors (Lipinski definition) is 3. The fourth-order valence-electron chi connectivity index (χ4n) is 4.20. The number of fused-ring (bicyclic) bond motifs is 1. The molecule has 8 nitrogen and oxygen atoms in total. The van der Waals surface area contributed by atoms with Gasteiger partial charge in [0.05, 0.1) is 17.1 Å². The number of amides is 2. The van der Waals surface area contributed by atoms with Crippen LogP contribution in [0.3, 0.4) is 0 Å². The second-order valence-corrected chi connectivity index (χ2v) is 7.06. The molecule has 3 heterocycles. The third-order valence-corrected chi connectivity index (χ3v) is 5.51. The summed E-state index contributed by atoms with van der Waals surface area (Å²) in [6, 6.07) is 4.92. The number of hydrogen-bond acceptors (Lipinski definition) is 5. The highest BCUT2D eigenvalue weighted by atomic mass is 16.3. The fraction of sp³-hybridized carbons (Fsp3) is 0.500. The molecule has 0 spiro atoms. The average Bonchev–Trinajstić information content (AvgIpc) is 2.87. The van der Waals surface area contributed by atoms with Crippen molar-refractivity contribution in [2.45, 2.75) is 37.3 Å². The predicted molar refractivity (Wildman–Crippen MR) is 94.8 cm³/mol. The lowest BCUT2D eigenvalue weighted by atomic mass is 9.87. The van der Waals surface area contributed by atoms with Crippen LogP contribution in [0.15, 0.2) is 23.0 Å². The zero-order valence-corrected chi connectivity index (χ0v) is 14.6. The number of aryl methyl sites for hydroxylation is 1. The second-order valence-electron chi connectivity index (χ2n) is 7.06. The topological polar surface area (TPSA) is 105 Å². The molecule has 0 saturated carbocycles. The van der Waals surface area contributed by atoms with Gasteiger partial charge in [-0.1, -0.05) is 12.1 Å². The van der Waals surface area contributed by atoms with E-state index in [0.29, 0.717) is 18.5 Å². The number of para-hydroxylation sites is 1.